The number of aromatic nitrogens is 4. The van der Waals surface area contributed by atoms with E-state index < -0.39 is 5.82 Å². The third-order valence-corrected chi connectivity index (χ3v) is 6.24. The largest absolute Gasteiger partial charge is 0.368 e. The zero-order valence-electron chi connectivity index (χ0n) is 18.1. The number of rotatable bonds is 5. The molecule has 0 bridgehead atoms. The summed E-state index contributed by atoms with van der Waals surface area (Å²) in [6, 6.07) is 14.5. The summed E-state index contributed by atoms with van der Waals surface area (Å²) in [6.45, 7) is 0.889. The van der Waals surface area contributed by atoms with Gasteiger partial charge in [-0.05, 0) is 49.1 Å². The van der Waals surface area contributed by atoms with Crippen LogP contribution in [-0.4, -0.2) is 26.1 Å². The fourth-order valence-corrected chi connectivity index (χ4v) is 4.54. The van der Waals surface area contributed by atoms with Crippen molar-refractivity contribution in [2.24, 2.45) is 13.0 Å². The molecule has 1 N–H and O–H groups in total. The number of aryl methyl sites for hydroxylation is 1. The van der Waals surface area contributed by atoms with E-state index in [9.17, 15) is 4.39 Å². The van der Waals surface area contributed by atoms with Gasteiger partial charge in [0.05, 0.1) is 22.5 Å². The third kappa shape index (κ3) is 3.96. The first-order valence-electron chi connectivity index (χ1n) is 11.1. The maximum atomic E-state index is 14.4. The van der Waals surface area contributed by atoms with Crippen LogP contribution >= 0.6 is 0 Å². The van der Waals surface area contributed by atoms with Gasteiger partial charge in [-0.3, -0.25) is 4.68 Å². The van der Waals surface area contributed by atoms with E-state index in [-0.39, 0.29) is 5.56 Å². The van der Waals surface area contributed by atoms with E-state index in [4.69, 9.17) is 10.4 Å². The van der Waals surface area contributed by atoms with Crippen LogP contribution in [-0.2, 0) is 7.05 Å². The minimum absolute atomic E-state index is 0.0345. The normalized spacial score (nSPS) is 14.5. The molecule has 7 heteroatoms. The molecule has 1 saturated carbocycles. The molecule has 2 aromatic carbocycles. The number of benzene rings is 2. The minimum Gasteiger partial charge on any atom is -0.368 e. The zero-order chi connectivity index (χ0) is 22.1. The number of nitrogens with one attached hydrogen (secondary N) is 1. The Bertz CT molecular complexity index is 1310. The van der Waals surface area contributed by atoms with Gasteiger partial charge in [0.1, 0.15) is 17.7 Å². The summed E-state index contributed by atoms with van der Waals surface area (Å²) in [5.41, 5.74) is 3.25. The average Bonchev–Trinajstić information content (AvgIpc) is 3.40. The molecule has 5 rings (SSSR count). The highest BCUT2D eigenvalue weighted by Gasteiger charge is 2.17. The van der Waals surface area contributed by atoms with E-state index in [1.165, 1.54) is 44.2 Å². The summed E-state index contributed by atoms with van der Waals surface area (Å²) in [5, 5.41) is 22.9. The summed E-state index contributed by atoms with van der Waals surface area (Å²) in [4.78, 5) is 0. The van der Waals surface area contributed by atoms with E-state index >= 15 is 0 Å². The fraction of sp³-hybridized carbons (Fsp3) is 0.320. The zero-order valence-corrected chi connectivity index (χ0v) is 18.1. The Morgan fingerprint density at radius 1 is 1.09 bits per heavy atom. The standard InChI is InChI=1S/C25H25FN6/c1-31-16-20-11-21(9-10-23(20)29-31)32-24(18-7-8-19(14-27)22(26)12-18)13-25(30-32)28-15-17-5-3-2-4-6-17/h7-13,16-17H,2-6,15H2,1H3,(H,28,30). The van der Waals surface area contributed by atoms with Crippen molar-refractivity contribution in [1.82, 2.24) is 19.6 Å². The highest BCUT2D eigenvalue weighted by atomic mass is 19.1. The Morgan fingerprint density at radius 3 is 2.72 bits per heavy atom. The van der Waals surface area contributed by atoms with Crippen LogP contribution in [0.1, 0.15) is 37.7 Å². The SMILES string of the molecule is Cn1cc2cc(-n3nc(NCC4CCCCC4)cc3-c3ccc(C#N)c(F)c3)ccc2n1. The minimum atomic E-state index is -0.530. The van der Waals surface area contributed by atoms with Gasteiger partial charge in [-0.15, -0.1) is 5.10 Å². The summed E-state index contributed by atoms with van der Waals surface area (Å²) < 4.78 is 18.0. The Balaban J connectivity index is 1.54. The maximum Gasteiger partial charge on any atom is 0.149 e. The monoisotopic (exact) mass is 428 g/mol. The van der Waals surface area contributed by atoms with Gasteiger partial charge in [0.2, 0.25) is 0 Å². The molecule has 0 unspecified atom stereocenters. The van der Waals surface area contributed by atoms with Gasteiger partial charge in [-0.25, -0.2) is 9.07 Å². The molecule has 0 radical (unpaired) electrons. The van der Waals surface area contributed by atoms with Crippen molar-refractivity contribution in [2.45, 2.75) is 32.1 Å². The average molecular weight is 429 g/mol. The smallest absolute Gasteiger partial charge is 0.149 e. The van der Waals surface area contributed by atoms with Crippen molar-refractivity contribution in [3.05, 3.63) is 60.0 Å². The van der Waals surface area contributed by atoms with E-state index in [0.29, 0.717) is 11.5 Å². The predicted molar refractivity (Wildman–Crippen MR) is 123 cm³/mol. The maximum absolute atomic E-state index is 14.4. The van der Waals surface area contributed by atoms with Crippen LogP contribution in [0.3, 0.4) is 0 Å². The highest BCUT2D eigenvalue weighted by molar-refractivity contribution is 5.81. The Morgan fingerprint density at radius 2 is 1.94 bits per heavy atom. The second-order valence-electron chi connectivity index (χ2n) is 8.56. The molecule has 0 saturated heterocycles. The van der Waals surface area contributed by atoms with Gasteiger partial charge in [-0.1, -0.05) is 25.3 Å². The van der Waals surface area contributed by atoms with E-state index in [1.807, 2.05) is 48.3 Å². The van der Waals surface area contributed by atoms with E-state index in [1.54, 1.807) is 10.7 Å². The van der Waals surface area contributed by atoms with Crippen LogP contribution in [0.25, 0.3) is 27.8 Å². The molecule has 1 aliphatic carbocycles. The van der Waals surface area contributed by atoms with Gasteiger partial charge in [0.25, 0.3) is 0 Å². The molecular formula is C25H25FN6. The van der Waals surface area contributed by atoms with Crippen molar-refractivity contribution in [3.8, 4) is 23.0 Å². The number of hydrogen-bond donors (Lipinski definition) is 1. The Labute approximate surface area is 186 Å². The van der Waals surface area contributed by atoms with Crippen molar-refractivity contribution >= 4 is 16.7 Å². The molecule has 2 aromatic heterocycles. The Kier molecular flexibility index (Phi) is 5.36. The molecule has 0 amide bonds. The molecular weight excluding hydrogens is 403 g/mol. The fourth-order valence-electron chi connectivity index (χ4n) is 4.54. The topological polar surface area (TPSA) is 71.5 Å². The summed E-state index contributed by atoms with van der Waals surface area (Å²) in [5.74, 6) is 0.898. The molecule has 32 heavy (non-hydrogen) atoms. The quantitative estimate of drug-likeness (QED) is 0.460. The number of anilines is 1. The molecule has 0 spiro atoms. The second kappa shape index (κ2) is 8.46. The van der Waals surface area contributed by atoms with Crippen LogP contribution in [0.4, 0.5) is 10.2 Å². The van der Waals surface area contributed by atoms with Gasteiger partial charge < -0.3 is 5.32 Å². The lowest BCUT2D eigenvalue weighted by atomic mass is 9.89. The van der Waals surface area contributed by atoms with Crippen molar-refractivity contribution in [1.29, 1.82) is 5.26 Å². The predicted octanol–water partition coefficient (Wildman–Crippen LogP) is 5.43. The molecule has 2 heterocycles. The lowest BCUT2D eigenvalue weighted by Crippen LogP contribution is -2.17. The second-order valence-corrected chi connectivity index (χ2v) is 8.56. The molecule has 162 valence electrons. The molecule has 4 aromatic rings. The number of nitrogens with zero attached hydrogens (tertiary/aromatic N) is 5. The molecule has 0 atom stereocenters. The van der Waals surface area contributed by atoms with Crippen LogP contribution < -0.4 is 5.32 Å². The van der Waals surface area contributed by atoms with Gasteiger partial charge >= 0.3 is 0 Å². The lowest BCUT2D eigenvalue weighted by molar-refractivity contribution is 0.373. The number of fused-ring (bicyclic) bond motifs is 1. The van der Waals surface area contributed by atoms with Gasteiger partial charge in [0.15, 0.2) is 0 Å². The van der Waals surface area contributed by atoms with Crippen LogP contribution in [0.15, 0.2) is 48.7 Å². The van der Waals surface area contributed by atoms with Crippen molar-refractivity contribution in [3.63, 3.8) is 0 Å². The van der Waals surface area contributed by atoms with Crippen molar-refractivity contribution in [2.75, 3.05) is 11.9 Å². The first-order chi connectivity index (χ1) is 15.6. The van der Waals surface area contributed by atoms with Crippen LogP contribution in [0, 0.1) is 23.1 Å². The number of halogens is 1. The molecule has 1 fully saturated rings. The summed E-state index contributed by atoms with van der Waals surface area (Å²) >= 11 is 0. The first kappa shape index (κ1) is 20.3. The Hall–Kier alpha value is -3.66. The van der Waals surface area contributed by atoms with E-state index in [0.717, 1.165) is 34.6 Å². The van der Waals surface area contributed by atoms with E-state index in [2.05, 4.69) is 10.4 Å². The van der Waals surface area contributed by atoms with Crippen LogP contribution in [0.2, 0.25) is 0 Å². The summed E-state index contributed by atoms with van der Waals surface area (Å²) in [6.07, 6.45) is 8.38. The van der Waals surface area contributed by atoms with Gasteiger partial charge in [-0.2, -0.15) is 10.4 Å². The van der Waals surface area contributed by atoms with Gasteiger partial charge in [0, 0.05) is 36.8 Å². The number of hydrogen-bond acceptors (Lipinski definition) is 4. The third-order valence-electron chi connectivity index (χ3n) is 6.24. The van der Waals surface area contributed by atoms with Crippen molar-refractivity contribution < 1.29 is 4.39 Å². The molecule has 0 aliphatic heterocycles. The highest BCUT2D eigenvalue weighted by Crippen LogP contribution is 2.30. The molecule has 1 aliphatic rings. The number of nitriles is 1. The lowest BCUT2D eigenvalue weighted by Gasteiger charge is -2.21. The molecule has 6 nitrogen and oxygen atoms in total. The first-order valence-corrected chi connectivity index (χ1v) is 11.1. The summed E-state index contributed by atoms with van der Waals surface area (Å²) in [7, 11) is 1.89. The van der Waals surface area contributed by atoms with Crippen LogP contribution in [0.5, 0.6) is 0 Å².